The normalized spacial score (nSPS) is 10.6. The first-order chi connectivity index (χ1) is 9.11. The Labute approximate surface area is 113 Å². The highest BCUT2D eigenvalue weighted by Gasteiger charge is 2.17. The van der Waals surface area contributed by atoms with Gasteiger partial charge in [0.05, 0.1) is 17.3 Å². The van der Waals surface area contributed by atoms with Crippen LogP contribution >= 0.6 is 11.3 Å². The predicted octanol–water partition coefficient (Wildman–Crippen LogP) is 2.72. The van der Waals surface area contributed by atoms with Crippen molar-refractivity contribution >= 4 is 17.3 Å². The Morgan fingerprint density at radius 1 is 1.47 bits per heavy atom. The van der Waals surface area contributed by atoms with Gasteiger partial charge in [0.15, 0.2) is 0 Å². The number of nitrogens with zero attached hydrogens (tertiary/aromatic N) is 1. The van der Waals surface area contributed by atoms with Crippen molar-refractivity contribution in [2.24, 2.45) is 0 Å². The molecule has 0 atom stereocenters. The molecule has 0 saturated carbocycles. The summed E-state index contributed by atoms with van der Waals surface area (Å²) < 4.78 is 18.4. The summed E-state index contributed by atoms with van der Waals surface area (Å²) in [6, 6.07) is 6.38. The van der Waals surface area contributed by atoms with E-state index in [4.69, 9.17) is 9.84 Å². The maximum absolute atomic E-state index is 13.5. The first-order valence-electron chi connectivity index (χ1n) is 5.56. The molecule has 2 aromatic rings. The van der Waals surface area contributed by atoms with Crippen LogP contribution in [0.15, 0.2) is 24.3 Å². The van der Waals surface area contributed by atoms with Gasteiger partial charge in [-0.25, -0.2) is 14.2 Å². The van der Waals surface area contributed by atoms with E-state index in [0.29, 0.717) is 16.3 Å². The Kier molecular flexibility index (Phi) is 4.24. The molecule has 0 aliphatic rings. The van der Waals surface area contributed by atoms with Crippen LogP contribution in [0, 0.1) is 5.82 Å². The third kappa shape index (κ3) is 3.15. The zero-order valence-electron chi connectivity index (χ0n) is 10.2. The van der Waals surface area contributed by atoms with E-state index in [1.54, 1.807) is 18.2 Å². The predicted molar refractivity (Wildman–Crippen MR) is 69.0 cm³/mol. The Morgan fingerprint density at radius 2 is 2.21 bits per heavy atom. The quantitative estimate of drug-likeness (QED) is 0.915. The van der Waals surface area contributed by atoms with E-state index < -0.39 is 5.97 Å². The molecule has 100 valence electrons. The molecule has 0 aliphatic heterocycles. The van der Waals surface area contributed by atoms with Gasteiger partial charge in [0.2, 0.25) is 0 Å². The van der Waals surface area contributed by atoms with Crippen LogP contribution in [0.4, 0.5) is 4.39 Å². The van der Waals surface area contributed by atoms with Crippen LogP contribution < -0.4 is 0 Å². The minimum Gasteiger partial charge on any atom is -0.477 e. The van der Waals surface area contributed by atoms with Gasteiger partial charge in [-0.2, -0.15) is 0 Å². The number of aromatic carboxylic acids is 1. The molecular weight excluding hydrogens is 269 g/mol. The van der Waals surface area contributed by atoms with Crippen LogP contribution in [0.1, 0.15) is 25.9 Å². The van der Waals surface area contributed by atoms with Gasteiger partial charge < -0.3 is 9.84 Å². The van der Waals surface area contributed by atoms with E-state index in [0.717, 1.165) is 11.3 Å². The molecule has 0 radical (unpaired) electrons. The average Bonchev–Trinajstić information content (AvgIpc) is 2.76. The van der Waals surface area contributed by atoms with Crippen molar-refractivity contribution in [3.05, 3.63) is 51.2 Å². The molecule has 0 aliphatic carbocycles. The Bertz CT molecular complexity index is 597. The lowest BCUT2D eigenvalue weighted by Gasteiger charge is -1.99. The first kappa shape index (κ1) is 13.6. The van der Waals surface area contributed by atoms with E-state index in [9.17, 15) is 9.18 Å². The zero-order valence-corrected chi connectivity index (χ0v) is 11.0. The van der Waals surface area contributed by atoms with Gasteiger partial charge in [-0.15, -0.1) is 11.3 Å². The maximum Gasteiger partial charge on any atom is 0.347 e. The largest absolute Gasteiger partial charge is 0.477 e. The fourth-order valence-corrected chi connectivity index (χ4v) is 2.61. The highest BCUT2D eigenvalue weighted by Crippen LogP contribution is 2.23. The second-order valence-electron chi connectivity index (χ2n) is 3.89. The van der Waals surface area contributed by atoms with Crippen molar-refractivity contribution in [1.29, 1.82) is 0 Å². The molecule has 1 aromatic heterocycles. The van der Waals surface area contributed by atoms with Crippen LogP contribution in [0.2, 0.25) is 0 Å². The van der Waals surface area contributed by atoms with Gasteiger partial charge in [0, 0.05) is 13.5 Å². The molecule has 0 amide bonds. The molecule has 1 N–H and O–H groups in total. The maximum atomic E-state index is 13.5. The molecule has 4 nitrogen and oxygen atoms in total. The van der Waals surface area contributed by atoms with E-state index in [-0.39, 0.29) is 23.7 Å². The molecule has 0 spiro atoms. The summed E-state index contributed by atoms with van der Waals surface area (Å²) in [6.07, 6.45) is 0.279. The molecule has 1 aromatic carbocycles. The van der Waals surface area contributed by atoms with E-state index in [1.165, 1.54) is 13.2 Å². The van der Waals surface area contributed by atoms with Gasteiger partial charge in [0.1, 0.15) is 10.7 Å². The van der Waals surface area contributed by atoms with Gasteiger partial charge in [0.25, 0.3) is 0 Å². The second-order valence-corrected chi connectivity index (χ2v) is 4.97. The third-order valence-corrected chi connectivity index (χ3v) is 3.60. The van der Waals surface area contributed by atoms with Crippen molar-refractivity contribution in [2.45, 2.75) is 13.0 Å². The molecule has 1 heterocycles. The molecule has 0 bridgehead atoms. The van der Waals surface area contributed by atoms with Gasteiger partial charge in [-0.05, 0) is 11.6 Å². The minimum absolute atomic E-state index is 0.134. The number of aromatic nitrogens is 1. The molecular formula is C13H12FNO3S. The number of thiazole rings is 1. The Hall–Kier alpha value is -1.79. The van der Waals surface area contributed by atoms with Crippen LogP contribution in [-0.2, 0) is 17.8 Å². The lowest BCUT2D eigenvalue weighted by Crippen LogP contribution is -1.99. The molecule has 0 unspecified atom stereocenters. The number of rotatable bonds is 5. The smallest absolute Gasteiger partial charge is 0.347 e. The number of hydrogen-bond donors (Lipinski definition) is 1. The van der Waals surface area contributed by atoms with Crippen molar-refractivity contribution < 1.29 is 19.0 Å². The summed E-state index contributed by atoms with van der Waals surface area (Å²) in [7, 11) is 1.47. The van der Waals surface area contributed by atoms with Gasteiger partial charge in [-0.1, -0.05) is 18.2 Å². The molecule has 0 saturated heterocycles. The number of carbonyl (C=O) groups is 1. The summed E-state index contributed by atoms with van der Waals surface area (Å²) in [5, 5.41) is 9.63. The number of carboxylic acid groups (broad SMARTS) is 1. The SMILES string of the molecule is COCc1nc(Cc2ccccc2F)sc1C(=O)O. The summed E-state index contributed by atoms with van der Waals surface area (Å²) in [5.74, 6) is -1.35. The average molecular weight is 281 g/mol. The molecule has 6 heteroatoms. The van der Waals surface area contributed by atoms with Crippen molar-refractivity contribution in [2.75, 3.05) is 7.11 Å². The molecule has 19 heavy (non-hydrogen) atoms. The summed E-state index contributed by atoms with van der Waals surface area (Å²) in [4.78, 5) is 15.4. The van der Waals surface area contributed by atoms with Crippen molar-refractivity contribution in [3.8, 4) is 0 Å². The van der Waals surface area contributed by atoms with Crippen LogP contribution in [0.25, 0.3) is 0 Å². The van der Waals surface area contributed by atoms with Crippen LogP contribution in [-0.4, -0.2) is 23.2 Å². The van der Waals surface area contributed by atoms with Gasteiger partial charge >= 0.3 is 5.97 Å². The number of ether oxygens (including phenoxy) is 1. The standard InChI is InChI=1S/C13H12FNO3S/c1-18-7-10-12(13(16)17)19-11(15-10)6-8-4-2-3-5-9(8)14/h2-5H,6-7H2,1H3,(H,16,17). The zero-order chi connectivity index (χ0) is 13.8. The third-order valence-electron chi connectivity index (χ3n) is 2.52. The second kappa shape index (κ2) is 5.90. The molecule has 0 fully saturated rings. The van der Waals surface area contributed by atoms with Crippen LogP contribution in [0.5, 0.6) is 0 Å². The van der Waals surface area contributed by atoms with E-state index >= 15 is 0 Å². The number of hydrogen-bond acceptors (Lipinski definition) is 4. The van der Waals surface area contributed by atoms with Gasteiger partial charge in [-0.3, -0.25) is 0 Å². The summed E-state index contributed by atoms with van der Waals surface area (Å²) in [6.45, 7) is 0.134. The number of benzene rings is 1. The Balaban J connectivity index is 2.29. The fraction of sp³-hybridized carbons (Fsp3) is 0.231. The summed E-state index contributed by atoms with van der Waals surface area (Å²) in [5.41, 5.74) is 0.878. The highest BCUT2D eigenvalue weighted by atomic mass is 32.1. The Morgan fingerprint density at radius 3 is 2.84 bits per heavy atom. The van der Waals surface area contributed by atoms with Crippen molar-refractivity contribution in [3.63, 3.8) is 0 Å². The monoisotopic (exact) mass is 281 g/mol. The number of carboxylic acids is 1. The topological polar surface area (TPSA) is 59.4 Å². The lowest BCUT2D eigenvalue weighted by molar-refractivity contribution is 0.0697. The first-order valence-corrected chi connectivity index (χ1v) is 6.37. The van der Waals surface area contributed by atoms with Crippen LogP contribution in [0.3, 0.4) is 0 Å². The van der Waals surface area contributed by atoms with E-state index in [1.807, 2.05) is 0 Å². The number of halogens is 1. The lowest BCUT2D eigenvalue weighted by atomic mass is 10.1. The number of methoxy groups -OCH3 is 1. The van der Waals surface area contributed by atoms with E-state index in [2.05, 4.69) is 4.98 Å². The van der Waals surface area contributed by atoms with Crippen molar-refractivity contribution in [1.82, 2.24) is 4.98 Å². The molecule has 2 rings (SSSR count). The highest BCUT2D eigenvalue weighted by molar-refractivity contribution is 7.13. The summed E-state index contributed by atoms with van der Waals surface area (Å²) >= 11 is 1.05. The fourth-order valence-electron chi connectivity index (χ4n) is 1.68. The minimum atomic E-state index is -1.04.